The average Bonchev–Trinajstić information content (AvgIpc) is 2.56. The summed E-state index contributed by atoms with van der Waals surface area (Å²) in [6.45, 7) is 3.54. The van der Waals surface area contributed by atoms with Crippen LogP contribution in [-0.4, -0.2) is 24.5 Å². The standard InChI is InChI=1S/C18H21NO5/c1-3-24-16(21)12-7-9-13(10-8-12)19-15(20)14-6-4-5-11-18(14,2)17(22)23/h4-5,7-10,14H,3,6,11H2,1-2H3,(H,19,20)(H,22,23)/p-1/t14-,18+/m1/s1. The molecule has 128 valence electrons. The zero-order valence-electron chi connectivity index (χ0n) is 13.7. The largest absolute Gasteiger partial charge is 0.550 e. The molecule has 2 rings (SSSR count). The van der Waals surface area contributed by atoms with E-state index in [1.54, 1.807) is 43.3 Å². The van der Waals surface area contributed by atoms with Gasteiger partial charge in [0.25, 0.3) is 0 Å². The topological polar surface area (TPSA) is 95.5 Å². The molecule has 0 fully saturated rings. The molecule has 0 aromatic heterocycles. The number of benzene rings is 1. The summed E-state index contributed by atoms with van der Waals surface area (Å²) in [5.74, 6) is -2.76. The van der Waals surface area contributed by atoms with Gasteiger partial charge in [-0.3, -0.25) is 4.79 Å². The van der Waals surface area contributed by atoms with E-state index in [2.05, 4.69) is 5.32 Å². The van der Waals surface area contributed by atoms with Crippen LogP contribution in [0.15, 0.2) is 36.4 Å². The highest BCUT2D eigenvalue weighted by Crippen LogP contribution is 2.38. The summed E-state index contributed by atoms with van der Waals surface area (Å²) >= 11 is 0. The number of rotatable bonds is 5. The smallest absolute Gasteiger partial charge is 0.338 e. The van der Waals surface area contributed by atoms with E-state index < -0.39 is 23.3 Å². The number of carboxylic acid groups (broad SMARTS) is 1. The first-order valence-corrected chi connectivity index (χ1v) is 7.83. The fourth-order valence-corrected chi connectivity index (χ4v) is 2.72. The Morgan fingerprint density at radius 1 is 1.25 bits per heavy atom. The number of allylic oxidation sites excluding steroid dienone is 2. The third-order valence-electron chi connectivity index (χ3n) is 4.30. The maximum absolute atomic E-state index is 12.5. The van der Waals surface area contributed by atoms with Gasteiger partial charge in [-0.25, -0.2) is 4.79 Å². The van der Waals surface area contributed by atoms with E-state index in [1.165, 1.54) is 6.92 Å². The molecule has 6 nitrogen and oxygen atoms in total. The predicted molar refractivity (Wildman–Crippen MR) is 86.0 cm³/mol. The number of ether oxygens (including phenoxy) is 1. The maximum atomic E-state index is 12.5. The molecule has 2 atom stereocenters. The van der Waals surface area contributed by atoms with Crippen molar-refractivity contribution in [1.29, 1.82) is 0 Å². The molecule has 0 saturated heterocycles. The van der Waals surface area contributed by atoms with Crippen LogP contribution in [0.3, 0.4) is 0 Å². The lowest BCUT2D eigenvalue weighted by Crippen LogP contribution is -2.49. The molecule has 1 N–H and O–H groups in total. The van der Waals surface area contributed by atoms with Crippen LogP contribution in [0.2, 0.25) is 0 Å². The fraction of sp³-hybridized carbons (Fsp3) is 0.389. The number of carbonyl (C=O) groups is 3. The van der Waals surface area contributed by atoms with Crippen molar-refractivity contribution in [3.05, 3.63) is 42.0 Å². The number of aliphatic carboxylic acids is 1. The molecule has 1 aliphatic rings. The van der Waals surface area contributed by atoms with Crippen molar-refractivity contribution in [3.63, 3.8) is 0 Å². The molecule has 0 unspecified atom stereocenters. The van der Waals surface area contributed by atoms with E-state index in [9.17, 15) is 19.5 Å². The molecule has 0 saturated carbocycles. The monoisotopic (exact) mass is 330 g/mol. The van der Waals surface area contributed by atoms with Crippen LogP contribution in [0.4, 0.5) is 5.69 Å². The molecule has 0 radical (unpaired) electrons. The van der Waals surface area contributed by atoms with E-state index in [0.717, 1.165) is 0 Å². The number of carbonyl (C=O) groups excluding carboxylic acids is 3. The summed E-state index contributed by atoms with van der Waals surface area (Å²) in [4.78, 5) is 35.5. The molecule has 0 spiro atoms. The van der Waals surface area contributed by atoms with Crippen LogP contribution < -0.4 is 10.4 Å². The predicted octanol–water partition coefficient (Wildman–Crippen LogP) is 1.52. The zero-order chi connectivity index (χ0) is 17.7. The van der Waals surface area contributed by atoms with Crippen molar-refractivity contribution >= 4 is 23.5 Å². The third kappa shape index (κ3) is 3.64. The highest BCUT2D eigenvalue weighted by atomic mass is 16.5. The van der Waals surface area contributed by atoms with Crippen molar-refractivity contribution < 1.29 is 24.2 Å². The number of carboxylic acids is 1. The molecular formula is C18H20NO5-. The maximum Gasteiger partial charge on any atom is 0.338 e. The van der Waals surface area contributed by atoms with Gasteiger partial charge in [-0.15, -0.1) is 0 Å². The minimum Gasteiger partial charge on any atom is -0.550 e. The van der Waals surface area contributed by atoms with Crippen molar-refractivity contribution in [2.45, 2.75) is 26.7 Å². The summed E-state index contributed by atoms with van der Waals surface area (Å²) in [5.41, 5.74) is -0.359. The molecule has 1 amide bonds. The van der Waals surface area contributed by atoms with Gasteiger partial charge >= 0.3 is 5.97 Å². The molecule has 0 heterocycles. The quantitative estimate of drug-likeness (QED) is 0.652. The Labute approximate surface area is 140 Å². The number of anilines is 1. The first-order valence-electron chi connectivity index (χ1n) is 7.83. The third-order valence-corrected chi connectivity index (χ3v) is 4.30. The lowest BCUT2D eigenvalue weighted by atomic mass is 9.69. The van der Waals surface area contributed by atoms with E-state index in [1.807, 2.05) is 0 Å². The molecule has 6 heteroatoms. The number of hydrogen-bond acceptors (Lipinski definition) is 5. The summed E-state index contributed by atoms with van der Waals surface area (Å²) in [6, 6.07) is 6.26. The van der Waals surface area contributed by atoms with Crippen molar-refractivity contribution in [1.82, 2.24) is 0 Å². The van der Waals surface area contributed by atoms with E-state index in [0.29, 0.717) is 17.7 Å². The van der Waals surface area contributed by atoms with E-state index in [-0.39, 0.29) is 18.9 Å². The van der Waals surface area contributed by atoms with Gasteiger partial charge in [0, 0.05) is 17.1 Å². The first kappa shape index (κ1) is 17.7. The summed E-state index contributed by atoms with van der Waals surface area (Å²) in [7, 11) is 0. The number of esters is 1. The van der Waals surface area contributed by atoms with Crippen LogP contribution in [0.25, 0.3) is 0 Å². The van der Waals surface area contributed by atoms with E-state index >= 15 is 0 Å². The van der Waals surface area contributed by atoms with Crippen LogP contribution in [0.5, 0.6) is 0 Å². The Morgan fingerprint density at radius 2 is 1.92 bits per heavy atom. The number of nitrogens with one attached hydrogen (secondary N) is 1. The van der Waals surface area contributed by atoms with Crippen molar-refractivity contribution in [3.8, 4) is 0 Å². The summed E-state index contributed by atoms with van der Waals surface area (Å²) in [5, 5.41) is 14.2. The normalized spacial score (nSPS) is 22.7. The fourth-order valence-electron chi connectivity index (χ4n) is 2.72. The van der Waals surface area contributed by atoms with Crippen LogP contribution in [0, 0.1) is 11.3 Å². The Bertz CT molecular complexity index is 664. The summed E-state index contributed by atoms with van der Waals surface area (Å²) in [6.07, 6.45) is 4.17. The Hall–Kier alpha value is -2.63. The highest BCUT2D eigenvalue weighted by Gasteiger charge is 2.40. The Morgan fingerprint density at radius 3 is 2.50 bits per heavy atom. The average molecular weight is 330 g/mol. The van der Waals surface area contributed by atoms with Gasteiger partial charge in [0.1, 0.15) is 0 Å². The highest BCUT2D eigenvalue weighted by molar-refractivity contribution is 5.97. The molecular weight excluding hydrogens is 310 g/mol. The van der Waals surface area contributed by atoms with Gasteiger partial charge < -0.3 is 20.0 Å². The minimum absolute atomic E-state index is 0.259. The molecule has 24 heavy (non-hydrogen) atoms. The zero-order valence-corrected chi connectivity index (χ0v) is 13.7. The van der Waals surface area contributed by atoms with Crippen molar-refractivity contribution in [2.24, 2.45) is 11.3 Å². The van der Waals surface area contributed by atoms with Crippen LogP contribution >= 0.6 is 0 Å². The summed E-state index contributed by atoms with van der Waals surface area (Å²) < 4.78 is 4.89. The van der Waals surface area contributed by atoms with Gasteiger partial charge in [-0.2, -0.15) is 0 Å². The van der Waals surface area contributed by atoms with E-state index in [4.69, 9.17) is 4.74 Å². The Kier molecular flexibility index (Phi) is 5.39. The second-order valence-corrected chi connectivity index (χ2v) is 5.96. The molecule has 0 bridgehead atoms. The lowest BCUT2D eigenvalue weighted by Gasteiger charge is -2.38. The van der Waals surface area contributed by atoms with Gasteiger partial charge in [0.2, 0.25) is 5.91 Å². The lowest BCUT2D eigenvalue weighted by molar-refractivity contribution is -0.320. The molecule has 1 aromatic carbocycles. The first-order chi connectivity index (χ1) is 11.4. The molecule has 1 aromatic rings. The van der Waals surface area contributed by atoms with Crippen molar-refractivity contribution in [2.75, 3.05) is 11.9 Å². The van der Waals surface area contributed by atoms with Gasteiger partial charge in [-0.05, 0) is 44.0 Å². The molecule has 1 aliphatic carbocycles. The second-order valence-electron chi connectivity index (χ2n) is 5.96. The molecule has 0 aliphatic heterocycles. The van der Waals surface area contributed by atoms with Gasteiger partial charge in [0.15, 0.2) is 0 Å². The SMILES string of the molecule is CCOC(=O)c1ccc(NC(=O)[C@H]2CC=CC[C@]2(C)C(=O)[O-])cc1. The van der Waals surface area contributed by atoms with Gasteiger partial charge in [0.05, 0.1) is 18.1 Å². The second kappa shape index (κ2) is 7.29. The van der Waals surface area contributed by atoms with Gasteiger partial charge in [-0.1, -0.05) is 19.1 Å². The van der Waals surface area contributed by atoms with Crippen LogP contribution in [0.1, 0.15) is 37.0 Å². The number of hydrogen-bond donors (Lipinski definition) is 1. The minimum atomic E-state index is -1.23. The Balaban J connectivity index is 2.10. The number of amides is 1. The van der Waals surface area contributed by atoms with Crippen LogP contribution in [-0.2, 0) is 14.3 Å².